The van der Waals surface area contributed by atoms with Crippen LogP contribution in [-0.2, 0) is 9.59 Å². The van der Waals surface area contributed by atoms with E-state index in [0.29, 0.717) is 12.0 Å². The molecule has 0 aliphatic heterocycles. The number of hydrogen-bond acceptors (Lipinski definition) is 2. The number of carboxylic acid groups (broad SMARTS) is 1. The number of carbonyl (C=O) groups excluding carboxylic acids is 1. The maximum absolute atomic E-state index is 11.9. The van der Waals surface area contributed by atoms with Gasteiger partial charge in [0.05, 0.1) is 0 Å². The first kappa shape index (κ1) is 16.2. The zero-order valence-electron chi connectivity index (χ0n) is 12.6. The number of benzene rings is 1. The summed E-state index contributed by atoms with van der Waals surface area (Å²) in [5.74, 6) is -1.00. The van der Waals surface area contributed by atoms with Crippen molar-refractivity contribution in [2.75, 3.05) is 0 Å². The summed E-state index contributed by atoms with van der Waals surface area (Å²) >= 11 is 0. The van der Waals surface area contributed by atoms with Gasteiger partial charge in [-0.05, 0) is 36.5 Å². The predicted octanol–water partition coefficient (Wildman–Crippen LogP) is 2.98. The van der Waals surface area contributed by atoms with Crippen molar-refractivity contribution in [3.63, 3.8) is 0 Å². The second-order valence-corrected chi connectivity index (χ2v) is 5.40. The smallest absolute Gasteiger partial charge is 0.330 e. The Bertz CT molecular complexity index is 496. The first-order chi connectivity index (χ1) is 9.35. The van der Waals surface area contributed by atoms with Crippen LogP contribution in [0.1, 0.15) is 49.4 Å². The summed E-state index contributed by atoms with van der Waals surface area (Å²) in [5, 5.41) is 11.9. The molecule has 2 atom stereocenters. The molecule has 0 spiro atoms. The molecule has 0 heterocycles. The minimum Gasteiger partial charge on any atom is -0.479 e. The topological polar surface area (TPSA) is 66.4 Å². The van der Waals surface area contributed by atoms with Gasteiger partial charge in [-0.15, -0.1) is 0 Å². The van der Waals surface area contributed by atoms with Crippen molar-refractivity contribution >= 4 is 11.9 Å². The molecule has 0 fully saturated rings. The maximum atomic E-state index is 11.9. The van der Waals surface area contributed by atoms with Gasteiger partial charge >= 0.3 is 5.97 Å². The van der Waals surface area contributed by atoms with Crippen LogP contribution in [0, 0.1) is 19.8 Å². The molecule has 4 nitrogen and oxygen atoms in total. The monoisotopic (exact) mass is 277 g/mol. The third kappa shape index (κ3) is 4.37. The lowest BCUT2D eigenvalue weighted by molar-refractivity contribution is -0.142. The Balaban J connectivity index is 2.86. The van der Waals surface area contributed by atoms with E-state index in [1.165, 1.54) is 0 Å². The van der Waals surface area contributed by atoms with E-state index >= 15 is 0 Å². The number of amides is 1. The van der Waals surface area contributed by atoms with E-state index in [1.807, 2.05) is 39.8 Å². The standard InChI is InChI=1S/C16H23NO3/c1-5-10(2)8-14(18)17-15(16(19)20)13-7-6-11(3)12(4)9-13/h6-7,9-10,15H,5,8H2,1-4H3,(H,17,18)(H,19,20). The highest BCUT2D eigenvalue weighted by Gasteiger charge is 2.22. The Morgan fingerprint density at radius 3 is 2.40 bits per heavy atom. The third-order valence-corrected chi connectivity index (χ3v) is 3.65. The van der Waals surface area contributed by atoms with Crippen LogP contribution in [0.2, 0.25) is 0 Å². The van der Waals surface area contributed by atoms with Crippen molar-refractivity contribution in [1.29, 1.82) is 0 Å². The fraction of sp³-hybridized carbons (Fsp3) is 0.500. The van der Waals surface area contributed by atoms with Gasteiger partial charge in [0.1, 0.15) is 0 Å². The average molecular weight is 277 g/mol. The molecule has 2 N–H and O–H groups in total. The Hall–Kier alpha value is -1.84. The molecule has 1 aromatic carbocycles. The molecule has 0 saturated carbocycles. The second-order valence-electron chi connectivity index (χ2n) is 5.40. The summed E-state index contributed by atoms with van der Waals surface area (Å²) in [6.45, 7) is 7.89. The van der Waals surface area contributed by atoms with Crippen molar-refractivity contribution in [1.82, 2.24) is 5.32 Å². The van der Waals surface area contributed by atoms with Crippen LogP contribution in [0.5, 0.6) is 0 Å². The fourth-order valence-corrected chi connectivity index (χ4v) is 1.91. The van der Waals surface area contributed by atoms with Crippen LogP contribution >= 0.6 is 0 Å². The van der Waals surface area contributed by atoms with Crippen LogP contribution in [-0.4, -0.2) is 17.0 Å². The second kappa shape index (κ2) is 7.08. The van der Waals surface area contributed by atoms with Gasteiger partial charge < -0.3 is 10.4 Å². The van der Waals surface area contributed by atoms with Gasteiger partial charge in [-0.25, -0.2) is 4.79 Å². The van der Waals surface area contributed by atoms with Gasteiger partial charge in [-0.3, -0.25) is 4.79 Å². The molecule has 0 aliphatic carbocycles. The Labute approximate surface area is 120 Å². The van der Waals surface area contributed by atoms with Crippen LogP contribution in [0.4, 0.5) is 0 Å². The van der Waals surface area contributed by atoms with Gasteiger partial charge in [0.25, 0.3) is 0 Å². The number of nitrogens with one attached hydrogen (secondary N) is 1. The van der Waals surface area contributed by atoms with Gasteiger partial charge in [0.2, 0.25) is 5.91 Å². The summed E-state index contributed by atoms with van der Waals surface area (Å²) in [6.07, 6.45) is 1.25. The van der Waals surface area contributed by atoms with Crippen LogP contribution in [0.15, 0.2) is 18.2 Å². The summed E-state index contributed by atoms with van der Waals surface area (Å²) in [7, 11) is 0. The van der Waals surface area contributed by atoms with E-state index in [9.17, 15) is 14.7 Å². The van der Waals surface area contributed by atoms with E-state index in [1.54, 1.807) is 6.07 Å². The van der Waals surface area contributed by atoms with Crippen LogP contribution < -0.4 is 5.32 Å². The number of hydrogen-bond donors (Lipinski definition) is 2. The van der Waals surface area contributed by atoms with Crippen molar-refractivity contribution in [2.24, 2.45) is 5.92 Å². The van der Waals surface area contributed by atoms with Crippen LogP contribution in [0.25, 0.3) is 0 Å². The molecular formula is C16H23NO3. The molecular weight excluding hydrogens is 254 g/mol. The van der Waals surface area contributed by atoms with E-state index in [-0.39, 0.29) is 11.8 Å². The van der Waals surface area contributed by atoms with Gasteiger partial charge in [0.15, 0.2) is 6.04 Å². The van der Waals surface area contributed by atoms with E-state index in [4.69, 9.17) is 0 Å². The maximum Gasteiger partial charge on any atom is 0.330 e. The number of rotatable bonds is 6. The van der Waals surface area contributed by atoms with Crippen molar-refractivity contribution in [3.05, 3.63) is 34.9 Å². The Morgan fingerprint density at radius 1 is 1.25 bits per heavy atom. The largest absolute Gasteiger partial charge is 0.479 e. The van der Waals surface area contributed by atoms with E-state index < -0.39 is 12.0 Å². The molecule has 0 aliphatic rings. The zero-order valence-corrected chi connectivity index (χ0v) is 12.6. The summed E-state index contributed by atoms with van der Waals surface area (Å²) < 4.78 is 0. The van der Waals surface area contributed by atoms with Crippen molar-refractivity contribution in [3.8, 4) is 0 Å². The minimum atomic E-state index is -1.04. The molecule has 0 aromatic heterocycles. The summed E-state index contributed by atoms with van der Waals surface area (Å²) in [5.41, 5.74) is 2.73. The predicted molar refractivity (Wildman–Crippen MR) is 78.5 cm³/mol. The molecule has 0 radical (unpaired) electrons. The minimum absolute atomic E-state index is 0.218. The SMILES string of the molecule is CCC(C)CC(=O)NC(C(=O)O)c1ccc(C)c(C)c1. The van der Waals surface area contributed by atoms with Crippen molar-refractivity contribution in [2.45, 2.75) is 46.6 Å². The fourth-order valence-electron chi connectivity index (χ4n) is 1.91. The number of carboxylic acids is 1. The number of aliphatic carboxylic acids is 1. The van der Waals surface area contributed by atoms with Crippen LogP contribution in [0.3, 0.4) is 0 Å². The molecule has 1 rings (SSSR count). The molecule has 2 unspecified atom stereocenters. The lowest BCUT2D eigenvalue weighted by atomic mass is 10.00. The highest BCUT2D eigenvalue weighted by atomic mass is 16.4. The zero-order chi connectivity index (χ0) is 15.3. The molecule has 1 amide bonds. The lowest BCUT2D eigenvalue weighted by Gasteiger charge is -2.17. The summed E-state index contributed by atoms with van der Waals surface area (Å²) in [4.78, 5) is 23.3. The van der Waals surface area contributed by atoms with E-state index in [2.05, 4.69) is 5.32 Å². The first-order valence-electron chi connectivity index (χ1n) is 6.94. The first-order valence-corrected chi connectivity index (χ1v) is 6.94. The van der Waals surface area contributed by atoms with Gasteiger partial charge in [-0.2, -0.15) is 0 Å². The molecule has 20 heavy (non-hydrogen) atoms. The molecule has 0 bridgehead atoms. The quantitative estimate of drug-likeness (QED) is 0.840. The normalized spacial score (nSPS) is 13.6. The van der Waals surface area contributed by atoms with E-state index in [0.717, 1.165) is 17.5 Å². The summed E-state index contributed by atoms with van der Waals surface area (Å²) in [6, 6.07) is 4.47. The third-order valence-electron chi connectivity index (χ3n) is 3.65. The molecule has 4 heteroatoms. The van der Waals surface area contributed by atoms with Gasteiger partial charge in [-0.1, -0.05) is 38.5 Å². The molecule has 1 aromatic rings. The highest BCUT2D eigenvalue weighted by molar-refractivity contribution is 5.84. The van der Waals surface area contributed by atoms with Gasteiger partial charge in [0, 0.05) is 6.42 Å². The Kier molecular flexibility index (Phi) is 5.74. The molecule has 0 saturated heterocycles. The lowest BCUT2D eigenvalue weighted by Crippen LogP contribution is -2.34. The average Bonchev–Trinajstić information content (AvgIpc) is 2.38. The van der Waals surface area contributed by atoms with Crippen molar-refractivity contribution < 1.29 is 14.7 Å². The number of carbonyl (C=O) groups is 2. The molecule has 110 valence electrons. The Morgan fingerprint density at radius 2 is 1.90 bits per heavy atom. The highest BCUT2D eigenvalue weighted by Crippen LogP contribution is 2.18. The number of aryl methyl sites for hydroxylation is 2.